The SMILES string of the molecule is O=[N+]([O-])c1cccc(CNS(=O)O)c1. The summed E-state index contributed by atoms with van der Waals surface area (Å²) in [7, 11) is 0. The summed E-state index contributed by atoms with van der Waals surface area (Å²) in [5, 5.41) is 10.4. The quantitative estimate of drug-likeness (QED) is 0.442. The van der Waals surface area contributed by atoms with Crippen LogP contribution in [0, 0.1) is 10.1 Å². The van der Waals surface area contributed by atoms with E-state index in [2.05, 4.69) is 4.72 Å². The Bertz CT molecular complexity index is 368. The second-order valence-corrected chi connectivity index (χ2v) is 3.28. The number of nitro groups is 1. The molecule has 1 aromatic rings. The summed E-state index contributed by atoms with van der Waals surface area (Å²) in [5.41, 5.74) is 0.551. The summed E-state index contributed by atoms with van der Waals surface area (Å²) >= 11 is -2.10. The number of nitrogens with one attached hydrogen (secondary N) is 1. The molecule has 0 aliphatic carbocycles. The Labute approximate surface area is 82.5 Å². The smallest absolute Gasteiger partial charge is 0.269 e. The summed E-state index contributed by atoms with van der Waals surface area (Å²) < 4.78 is 20.9. The maximum atomic E-state index is 10.4. The normalized spacial score (nSPS) is 12.4. The number of nitro benzene ring substituents is 1. The Kier molecular flexibility index (Phi) is 3.69. The molecule has 0 fully saturated rings. The van der Waals surface area contributed by atoms with Gasteiger partial charge in [-0.1, -0.05) is 12.1 Å². The molecule has 0 aliphatic rings. The molecule has 0 aromatic heterocycles. The molecular weight excluding hydrogens is 208 g/mol. The molecule has 0 heterocycles. The summed E-state index contributed by atoms with van der Waals surface area (Å²) in [6.07, 6.45) is 0. The lowest BCUT2D eigenvalue weighted by molar-refractivity contribution is -0.384. The van der Waals surface area contributed by atoms with Gasteiger partial charge in [0, 0.05) is 18.7 Å². The van der Waals surface area contributed by atoms with Gasteiger partial charge in [-0.2, -0.15) is 0 Å². The van der Waals surface area contributed by atoms with Crippen LogP contribution in [0.5, 0.6) is 0 Å². The van der Waals surface area contributed by atoms with E-state index in [4.69, 9.17) is 4.55 Å². The van der Waals surface area contributed by atoms with E-state index < -0.39 is 16.2 Å². The van der Waals surface area contributed by atoms with E-state index in [0.29, 0.717) is 5.56 Å². The van der Waals surface area contributed by atoms with Crippen molar-refractivity contribution in [2.75, 3.05) is 0 Å². The third-order valence-electron chi connectivity index (χ3n) is 1.52. The van der Waals surface area contributed by atoms with Crippen molar-refractivity contribution in [3.8, 4) is 0 Å². The Morgan fingerprint density at radius 1 is 1.57 bits per heavy atom. The summed E-state index contributed by atoms with van der Waals surface area (Å²) in [4.78, 5) is 9.85. The van der Waals surface area contributed by atoms with Crippen molar-refractivity contribution in [2.45, 2.75) is 6.54 Å². The van der Waals surface area contributed by atoms with Gasteiger partial charge < -0.3 is 0 Å². The topological polar surface area (TPSA) is 92.5 Å². The standard InChI is InChI=1S/C7H8N2O4S/c10-9(11)7-3-1-2-6(4-7)5-8-14(12)13/h1-4,8H,5H2,(H,12,13). The van der Waals surface area contributed by atoms with Gasteiger partial charge in [-0.25, -0.2) is 8.93 Å². The second-order valence-electron chi connectivity index (χ2n) is 2.50. The molecule has 0 saturated heterocycles. The van der Waals surface area contributed by atoms with Crippen LogP contribution in [0.2, 0.25) is 0 Å². The van der Waals surface area contributed by atoms with Crippen molar-refractivity contribution < 1.29 is 13.7 Å². The highest BCUT2D eigenvalue weighted by Crippen LogP contribution is 2.12. The molecule has 0 aliphatic heterocycles. The Morgan fingerprint density at radius 3 is 2.86 bits per heavy atom. The number of nitrogens with zero attached hydrogens (tertiary/aromatic N) is 1. The van der Waals surface area contributed by atoms with Crippen LogP contribution in [0.1, 0.15) is 5.56 Å². The molecule has 0 spiro atoms. The Hall–Kier alpha value is -1.31. The molecule has 2 N–H and O–H groups in total. The van der Waals surface area contributed by atoms with Crippen molar-refractivity contribution in [3.05, 3.63) is 39.9 Å². The number of non-ortho nitro benzene ring substituents is 1. The third kappa shape index (κ3) is 3.21. The van der Waals surface area contributed by atoms with Gasteiger partial charge in [0.1, 0.15) is 0 Å². The molecular formula is C7H8N2O4S. The van der Waals surface area contributed by atoms with Gasteiger partial charge in [-0.05, 0) is 5.56 Å². The van der Waals surface area contributed by atoms with Crippen LogP contribution in [0.3, 0.4) is 0 Å². The molecule has 1 rings (SSSR count). The fraction of sp³-hybridized carbons (Fsp3) is 0.143. The second kappa shape index (κ2) is 4.80. The van der Waals surface area contributed by atoms with Crippen molar-refractivity contribution in [1.29, 1.82) is 0 Å². The van der Waals surface area contributed by atoms with E-state index in [1.165, 1.54) is 18.2 Å². The first-order valence-corrected chi connectivity index (χ1v) is 4.78. The largest absolute Gasteiger partial charge is 0.294 e. The minimum atomic E-state index is -2.10. The highest BCUT2D eigenvalue weighted by Gasteiger charge is 2.05. The van der Waals surface area contributed by atoms with E-state index in [1.54, 1.807) is 6.07 Å². The van der Waals surface area contributed by atoms with E-state index in [0.717, 1.165) is 0 Å². The molecule has 1 aromatic carbocycles. The zero-order valence-electron chi connectivity index (χ0n) is 7.04. The molecule has 1 unspecified atom stereocenters. The predicted octanol–water partition coefficient (Wildman–Crippen LogP) is 0.821. The van der Waals surface area contributed by atoms with Crippen molar-refractivity contribution in [1.82, 2.24) is 4.72 Å². The number of benzene rings is 1. The molecule has 6 nitrogen and oxygen atoms in total. The van der Waals surface area contributed by atoms with E-state index in [-0.39, 0.29) is 12.2 Å². The molecule has 7 heteroatoms. The van der Waals surface area contributed by atoms with Crippen LogP contribution in [0.25, 0.3) is 0 Å². The number of hydrogen-bond donors (Lipinski definition) is 2. The van der Waals surface area contributed by atoms with Crippen LogP contribution in [-0.4, -0.2) is 13.7 Å². The summed E-state index contributed by atoms with van der Waals surface area (Å²) in [6, 6.07) is 5.86. The van der Waals surface area contributed by atoms with Crippen LogP contribution < -0.4 is 4.72 Å². The fourth-order valence-corrected chi connectivity index (χ4v) is 1.22. The lowest BCUT2D eigenvalue weighted by Crippen LogP contribution is -2.15. The molecule has 0 amide bonds. The maximum absolute atomic E-state index is 10.4. The zero-order chi connectivity index (χ0) is 10.6. The Balaban J connectivity index is 2.73. The van der Waals surface area contributed by atoms with Gasteiger partial charge in [0.15, 0.2) is 0 Å². The van der Waals surface area contributed by atoms with Gasteiger partial charge in [-0.15, -0.1) is 0 Å². The maximum Gasteiger partial charge on any atom is 0.269 e. The number of rotatable bonds is 4. The van der Waals surface area contributed by atoms with Crippen LogP contribution in [-0.2, 0) is 17.8 Å². The first kappa shape index (κ1) is 10.8. The zero-order valence-corrected chi connectivity index (χ0v) is 7.86. The minimum absolute atomic E-state index is 0.0342. The highest BCUT2D eigenvalue weighted by molar-refractivity contribution is 7.77. The van der Waals surface area contributed by atoms with Gasteiger partial charge in [0.25, 0.3) is 5.69 Å². The monoisotopic (exact) mass is 216 g/mol. The predicted molar refractivity (Wildman–Crippen MR) is 50.7 cm³/mol. The summed E-state index contributed by atoms with van der Waals surface area (Å²) in [6.45, 7) is 0.116. The van der Waals surface area contributed by atoms with Gasteiger partial charge in [0.05, 0.1) is 4.92 Å². The van der Waals surface area contributed by atoms with Crippen molar-refractivity contribution >= 4 is 17.0 Å². The first-order valence-electron chi connectivity index (χ1n) is 3.67. The number of hydrogen-bond acceptors (Lipinski definition) is 3. The van der Waals surface area contributed by atoms with Crippen molar-refractivity contribution in [2.24, 2.45) is 0 Å². The minimum Gasteiger partial charge on any atom is -0.294 e. The van der Waals surface area contributed by atoms with E-state index in [1.807, 2.05) is 0 Å². The molecule has 76 valence electrons. The molecule has 0 radical (unpaired) electrons. The Morgan fingerprint density at radius 2 is 2.29 bits per heavy atom. The highest BCUT2D eigenvalue weighted by atomic mass is 32.2. The average Bonchev–Trinajstić information content (AvgIpc) is 2.15. The average molecular weight is 216 g/mol. The first-order chi connectivity index (χ1) is 6.59. The van der Waals surface area contributed by atoms with Crippen LogP contribution in [0.15, 0.2) is 24.3 Å². The lowest BCUT2D eigenvalue weighted by Gasteiger charge is -1.99. The molecule has 1 atom stereocenters. The van der Waals surface area contributed by atoms with Gasteiger partial charge in [0.2, 0.25) is 11.3 Å². The summed E-state index contributed by atoms with van der Waals surface area (Å²) in [5.74, 6) is 0. The van der Waals surface area contributed by atoms with E-state index in [9.17, 15) is 14.3 Å². The molecule has 0 bridgehead atoms. The molecule has 0 saturated carbocycles. The molecule has 14 heavy (non-hydrogen) atoms. The van der Waals surface area contributed by atoms with Gasteiger partial charge >= 0.3 is 0 Å². The van der Waals surface area contributed by atoms with E-state index >= 15 is 0 Å². The lowest BCUT2D eigenvalue weighted by atomic mass is 10.2. The van der Waals surface area contributed by atoms with Crippen molar-refractivity contribution in [3.63, 3.8) is 0 Å². The fourth-order valence-electron chi connectivity index (χ4n) is 0.925. The van der Waals surface area contributed by atoms with Crippen LogP contribution in [0.4, 0.5) is 5.69 Å². The van der Waals surface area contributed by atoms with Gasteiger partial charge in [-0.3, -0.25) is 14.7 Å². The van der Waals surface area contributed by atoms with Crippen LogP contribution >= 0.6 is 0 Å². The third-order valence-corrected chi connectivity index (χ3v) is 1.91.